The first kappa shape index (κ1) is 15.6. The Balaban J connectivity index is 2.09. The molecule has 2 aromatic rings. The van der Waals surface area contributed by atoms with Gasteiger partial charge in [0.25, 0.3) is 0 Å². The van der Waals surface area contributed by atoms with Crippen molar-refractivity contribution in [2.24, 2.45) is 0 Å². The van der Waals surface area contributed by atoms with Crippen LogP contribution in [0.3, 0.4) is 0 Å². The van der Waals surface area contributed by atoms with Crippen molar-refractivity contribution in [1.29, 1.82) is 0 Å². The summed E-state index contributed by atoms with van der Waals surface area (Å²) >= 11 is 5.87. The van der Waals surface area contributed by atoms with Crippen molar-refractivity contribution in [2.45, 2.75) is 26.3 Å². The highest BCUT2D eigenvalue weighted by atomic mass is 35.5. The van der Waals surface area contributed by atoms with Gasteiger partial charge in [-0.05, 0) is 44.0 Å². The number of nitrogens with two attached hydrogens (primary N) is 1. The molecule has 1 aromatic heterocycles. The lowest BCUT2D eigenvalue weighted by Crippen LogP contribution is -2.12. The van der Waals surface area contributed by atoms with Gasteiger partial charge in [-0.2, -0.15) is 0 Å². The van der Waals surface area contributed by atoms with E-state index in [9.17, 15) is 9.59 Å². The standard InChI is InChI=1S/C17H17ClN2O3/c1-2-23-17(22)13-12-4-3-9-20(12)15(14(13)19)16(21)10-5-7-11(18)8-6-10/h5-8H,2-4,9,19H2,1H3. The van der Waals surface area contributed by atoms with E-state index in [0.717, 1.165) is 12.1 Å². The van der Waals surface area contributed by atoms with E-state index in [0.29, 0.717) is 34.8 Å². The number of carbonyl (C=O) groups is 2. The lowest BCUT2D eigenvalue weighted by molar-refractivity contribution is 0.0526. The Morgan fingerprint density at radius 1 is 1.30 bits per heavy atom. The minimum atomic E-state index is -0.467. The molecule has 2 N–H and O–H groups in total. The van der Waals surface area contributed by atoms with Crippen LogP contribution in [0.2, 0.25) is 5.02 Å². The molecular formula is C17H17ClN2O3. The predicted octanol–water partition coefficient (Wildman–Crippen LogP) is 3.08. The van der Waals surface area contributed by atoms with Gasteiger partial charge < -0.3 is 15.0 Å². The maximum absolute atomic E-state index is 12.8. The summed E-state index contributed by atoms with van der Waals surface area (Å²) in [5.41, 5.74) is 8.33. The average molecular weight is 333 g/mol. The van der Waals surface area contributed by atoms with Crippen LogP contribution in [0.5, 0.6) is 0 Å². The van der Waals surface area contributed by atoms with Gasteiger partial charge >= 0.3 is 5.97 Å². The fourth-order valence-electron chi connectivity index (χ4n) is 3.01. The van der Waals surface area contributed by atoms with Crippen molar-refractivity contribution in [1.82, 2.24) is 4.57 Å². The Bertz CT molecular complexity index is 778. The fraction of sp³-hybridized carbons (Fsp3) is 0.294. The van der Waals surface area contributed by atoms with E-state index < -0.39 is 5.97 Å². The molecule has 120 valence electrons. The summed E-state index contributed by atoms with van der Waals surface area (Å²) < 4.78 is 6.93. The SMILES string of the molecule is CCOC(=O)c1c(N)c(C(=O)c2ccc(Cl)cc2)n2c1CCC2. The monoisotopic (exact) mass is 332 g/mol. The van der Waals surface area contributed by atoms with E-state index in [4.69, 9.17) is 22.1 Å². The Labute approximate surface area is 139 Å². The summed E-state index contributed by atoms with van der Waals surface area (Å²) in [5, 5.41) is 0.558. The number of nitrogen functional groups attached to an aromatic ring is 1. The zero-order valence-electron chi connectivity index (χ0n) is 12.8. The molecule has 0 unspecified atom stereocenters. The number of fused-ring (bicyclic) bond motifs is 1. The van der Waals surface area contributed by atoms with Gasteiger partial charge in [0.15, 0.2) is 0 Å². The van der Waals surface area contributed by atoms with Crippen LogP contribution in [-0.4, -0.2) is 22.9 Å². The van der Waals surface area contributed by atoms with Crippen LogP contribution in [0.25, 0.3) is 0 Å². The van der Waals surface area contributed by atoms with Crippen molar-refractivity contribution >= 4 is 29.0 Å². The number of ketones is 1. The van der Waals surface area contributed by atoms with E-state index in [2.05, 4.69) is 0 Å². The second kappa shape index (κ2) is 6.08. The van der Waals surface area contributed by atoms with Gasteiger partial charge in [-0.15, -0.1) is 0 Å². The molecule has 0 saturated heterocycles. The van der Waals surface area contributed by atoms with Crippen LogP contribution in [-0.2, 0) is 17.7 Å². The fourth-order valence-corrected chi connectivity index (χ4v) is 3.14. The van der Waals surface area contributed by atoms with Gasteiger partial charge in [-0.3, -0.25) is 4.79 Å². The zero-order chi connectivity index (χ0) is 16.6. The molecule has 0 saturated carbocycles. The number of aromatic nitrogens is 1. The molecule has 0 radical (unpaired) electrons. The van der Waals surface area contributed by atoms with Gasteiger partial charge in [-0.25, -0.2) is 4.79 Å². The number of hydrogen-bond donors (Lipinski definition) is 1. The molecular weight excluding hydrogens is 316 g/mol. The third kappa shape index (κ3) is 2.61. The number of anilines is 1. The second-order valence-corrected chi connectivity index (χ2v) is 5.83. The van der Waals surface area contributed by atoms with E-state index in [-0.39, 0.29) is 18.1 Å². The Morgan fingerprint density at radius 2 is 2.00 bits per heavy atom. The second-order valence-electron chi connectivity index (χ2n) is 5.40. The van der Waals surface area contributed by atoms with E-state index in [1.807, 2.05) is 4.57 Å². The number of carbonyl (C=O) groups excluding carboxylic acids is 2. The Kier molecular flexibility index (Phi) is 4.13. The minimum absolute atomic E-state index is 0.207. The molecule has 0 atom stereocenters. The van der Waals surface area contributed by atoms with Crippen LogP contribution in [0.1, 0.15) is 45.4 Å². The van der Waals surface area contributed by atoms with Crippen molar-refractivity contribution < 1.29 is 14.3 Å². The van der Waals surface area contributed by atoms with Crippen LogP contribution < -0.4 is 5.73 Å². The zero-order valence-corrected chi connectivity index (χ0v) is 13.5. The first-order chi connectivity index (χ1) is 11.0. The van der Waals surface area contributed by atoms with E-state index in [1.54, 1.807) is 31.2 Å². The lowest BCUT2D eigenvalue weighted by atomic mass is 10.1. The van der Waals surface area contributed by atoms with Crippen LogP contribution in [0.15, 0.2) is 24.3 Å². The number of nitrogens with zero attached hydrogens (tertiary/aromatic N) is 1. The number of esters is 1. The number of hydrogen-bond acceptors (Lipinski definition) is 4. The van der Waals surface area contributed by atoms with Gasteiger partial charge in [0, 0.05) is 22.8 Å². The molecule has 3 rings (SSSR count). The van der Waals surface area contributed by atoms with Crippen LogP contribution in [0, 0.1) is 0 Å². The highest BCUT2D eigenvalue weighted by molar-refractivity contribution is 6.30. The van der Waals surface area contributed by atoms with E-state index >= 15 is 0 Å². The molecule has 0 aliphatic carbocycles. The van der Waals surface area contributed by atoms with Gasteiger partial charge in [0.1, 0.15) is 11.3 Å². The summed E-state index contributed by atoms with van der Waals surface area (Å²) in [6, 6.07) is 6.63. The van der Waals surface area contributed by atoms with Crippen molar-refractivity contribution in [3.63, 3.8) is 0 Å². The highest BCUT2D eigenvalue weighted by Gasteiger charge is 2.32. The Morgan fingerprint density at radius 3 is 2.65 bits per heavy atom. The molecule has 1 aliphatic heterocycles. The highest BCUT2D eigenvalue weighted by Crippen LogP contribution is 2.33. The smallest absolute Gasteiger partial charge is 0.342 e. The van der Waals surface area contributed by atoms with Gasteiger partial charge in [-0.1, -0.05) is 11.6 Å². The summed E-state index contributed by atoms with van der Waals surface area (Å²) in [5.74, 6) is -0.677. The molecule has 23 heavy (non-hydrogen) atoms. The number of ether oxygens (including phenoxy) is 1. The van der Waals surface area contributed by atoms with Gasteiger partial charge in [0.2, 0.25) is 5.78 Å². The first-order valence-corrected chi connectivity index (χ1v) is 7.90. The third-order valence-corrected chi connectivity index (χ3v) is 4.26. The number of rotatable bonds is 4. The predicted molar refractivity (Wildman–Crippen MR) is 88.0 cm³/mol. The summed E-state index contributed by atoms with van der Waals surface area (Å²) in [6.45, 7) is 2.68. The van der Waals surface area contributed by atoms with Crippen LogP contribution >= 0.6 is 11.6 Å². The maximum Gasteiger partial charge on any atom is 0.342 e. The van der Waals surface area contributed by atoms with Crippen LogP contribution in [0.4, 0.5) is 5.69 Å². The molecule has 2 heterocycles. The lowest BCUT2D eigenvalue weighted by Gasteiger charge is -2.07. The van der Waals surface area contributed by atoms with E-state index in [1.165, 1.54) is 0 Å². The third-order valence-electron chi connectivity index (χ3n) is 4.01. The summed E-state index contributed by atoms with van der Waals surface area (Å²) in [4.78, 5) is 25.0. The maximum atomic E-state index is 12.8. The van der Waals surface area contributed by atoms with Crippen molar-refractivity contribution in [3.05, 3.63) is 51.8 Å². The number of halogens is 1. The summed E-state index contributed by atoms with van der Waals surface area (Å²) in [7, 11) is 0. The van der Waals surface area contributed by atoms with Crippen molar-refractivity contribution in [3.8, 4) is 0 Å². The topological polar surface area (TPSA) is 74.3 Å². The quantitative estimate of drug-likeness (QED) is 0.689. The normalized spacial score (nSPS) is 13.0. The first-order valence-electron chi connectivity index (χ1n) is 7.52. The molecule has 1 aromatic carbocycles. The Hall–Kier alpha value is -2.27. The summed E-state index contributed by atoms with van der Waals surface area (Å²) in [6.07, 6.45) is 1.59. The molecule has 6 heteroatoms. The largest absolute Gasteiger partial charge is 0.462 e. The molecule has 5 nitrogen and oxygen atoms in total. The minimum Gasteiger partial charge on any atom is -0.462 e. The van der Waals surface area contributed by atoms with Crippen molar-refractivity contribution in [2.75, 3.05) is 12.3 Å². The molecule has 0 amide bonds. The number of benzene rings is 1. The molecule has 0 spiro atoms. The average Bonchev–Trinajstić information content (AvgIpc) is 3.07. The molecule has 0 fully saturated rings. The van der Waals surface area contributed by atoms with Gasteiger partial charge in [0.05, 0.1) is 12.3 Å². The molecule has 0 bridgehead atoms. The molecule has 1 aliphatic rings.